The van der Waals surface area contributed by atoms with Crippen LogP contribution in [0.1, 0.15) is 0 Å². The number of hydrogen-bond acceptors (Lipinski definition) is 1. The summed E-state index contributed by atoms with van der Waals surface area (Å²) >= 11 is 0. The van der Waals surface area contributed by atoms with Gasteiger partial charge < -0.3 is 9.47 Å². The van der Waals surface area contributed by atoms with Gasteiger partial charge in [-0.3, -0.25) is 0 Å². The molecule has 0 aliphatic carbocycles. The van der Waals surface area contributed by atoms with Gasteiger partial charge in [0.25, 0.3) is 0 Å². The van der Waals surface area contributed by atoms with Gasteiger partial charge in [-0.05, 0) is 127 Å². The van der Waals surface area contributed by atoms with Crippen molar-refractivity contribution in [2.75, 3.05) is 4.90 Å². The van der Waals surface area contributed by atoms with Crippen LogP contribution < -0.4 is 4.90 Å². The third-order valence-electron chi connectivity index (χ3n) is 11.3. The van der Waals surface area contributed by atoms with Gasteiger partial charge in [-0.1, -0.05) is 146 Å². The Hall–Kier alpha value is -7.42. The van der Waals surface area contributed by atoms with E-state index in [1.807, 2.05) is 0 Å². The molecule has 0 unspecified atom stereocenters. The van der Waals surface area contributed by atoms with Crippen molar-refractivity contribution in [2.45, 2.75) is 0 Å². The van der Waals surface area contributed by atoms with Gasteiger partial charge in [-0.2, -0.15) is 0 Å². The van der Waals surface area contributed by atoms with Crippen LogP contribution in [-0.2, 0) is 0 Å². The summed E-state index contributed by atoms with van der Waals surface area (Å²) in [6.07, 6.45) is 0. The van der Waals surface area contributed by atoms with Gasteiger partial charge in [0.05, 0.1) is 11.0 Å². The number of rotatable bonds is 6. The molecule has 0 bridgehead atoms. The molecular formula is C54H36N2. The van der Waals surface area contributed by atoms with Crippen LogP contribution in [0.5, 0.6) is 0 Å². The monoisotopic (exact) mass is 712 g/mol. The Morgan fingerprint density at radius 3 is 1.57 bits per heavy atom. The van der Waals surface area contributed by atoms with Crippen LogP contribution in [-0.4, -0.2) is 4.57 Å². The second-order valence-electron chi connectivity index (χ2n) is 14.6. The molecule has 2 heteroatoms. The highest BCUT2D eigenvalue weighted by atomic mass is 15.1. The minimum atomic E-state index is 1.12. The quantitative estimate of drug-likeness (QED) is 0.167. The molecule has 0 N–H and O–H groups in total. The predicted octanol–water partition coefficient (Wildman–Crippen LogP) is 15.0. The maximum atomic E-state index is 2.40. The normalized spacial score (nSPS) is 11.6. The lowest BCUT2D eigenvalue weighted by molar-refractivity contribution is 1.18. The molecule has 0 saturated carbocycles. The molecule has 1 heterocycles. The first-order valence-electron chi connectivity index (χ1n) is 19.3. The Kier molecular flexibility index (Phi) is 7.53. The van der Waals surface area contributed by atoms with E-state index < -0.39 is 0 Å². The van der Waals surface area contributed by atoms with Crippen molar-refractivity contribution in [2.24, 2.45) is 0 Å². The summed E-state index contributed by atoms with van der Waals surface area (Å²) in [5, 5.41) is 10.1. The molecule has 0 saturated heterocycles. The van der Waals surface area contributed by atoms with Gasteiger partial charge in [-0.15, -0.1) is 0 Å². The lowest BCUT2D eigenvalue weighted by Crippen LogP contribution is -2.09. The number of anilines is 3. The van der Waals surface area contributed by atoms with E-state index >= 15 is 0 Å². The Morgan fingerprint density at radius 1 is 0.286 bits per heavy atom. The lowest BCUT2D eigenvalue weighted by atomic mass is 9.99. The van der Waals surface area contributed by atoms with Crippen molar-refractivity contribution >= 4 is 71.2 Å². The van der Waals surface area contributed by atoms with Gasteiger partial charge in [-0.25, -0.2) is 0 Å². The topological polar surface area (TPSA) is 8.17 Å². The zero-order valence-electron chi connectivity index (χ0n) is 30.7. The van der Waals surface area contributed by atoms with Crippen LogP contribution in [0.4, 0.5) is 17.1 Å². The molecule has 1 aromatic heterocycles. The summed E-state index contributed by atoms with van der Waals surface area (Å²) in [5.74, 6) is 0. The number of aromatic nitrogens is 1. The van der Waals surface area contributed by atoms with Gasteiger partial charge in [0.1, 0.15) is 0 Å². The maximum Gasteiger partial charge on any atom is 0.0547 e. The molecule has 2 nitrogen and oxygen atoms in total. The molecule has 0 aliphatic rings. The van der Waals surface area contributed by atoms with Crippen molar-refractivity contribution in [3.05, 3.63) is 218 Å². The van der Waals surface area contributed by atoms with Crippen molar-refractivity contribution in [1.82, 2.24) is 4.57 Å². The molecular weight excluding hydrogens is 677 g/mol. The first-order chi connectivity index (χ1) is 27.7. The standard InChI is InChI=1S/C54H36N2/c1-2-13-46(14-3-1)55(47-28-22-38(23-29-47)43-20-18-37-10-4-5-12-42(37)34-43)49-32-26-40-19-21-44(35-45(40)36-49)39-24-30-48(31-25-39)56-52-17-9-8-16-51(52)54-50-15-7-6-11-41(50)27-33-53(54)56/h1-36H. The molecule has 0 amide bonds. The largest absolute Gasteiger partial charge is 0.310 e. The van der Waals surface area contributed by atoms with Crippen LogP contribution in [0.25, 0.3) is 82.1 Å². The molecule has 262 valence electrons. The number of benzene rings is 10. The minimum absolute atomic E-state index is 1.12. The van der Waals surface area contributed by atoms with Crippen LogP contribution in [0.3, 0.4) is 0 Å². The fraction of sp³-hybridized carbons (Fsp3) is 0. The number of hydrogen-bond donors (Lipinski definition) is 0. The Balaban J connectivity index is 0.953. The van der Waals surface area contributed by atoms with Crippen LogP contribution >= 0.6 is 0 Å². The average Bonchev–Trinajstić information content (AvgIpc) is 3.62. The molecule has 0 atom stereocenters. The van der Waals surface area contributed by atoms with Crippen molar-refractivity contribution in [1.29, 1.82) is 0 Å². The molecule has 11 rings (SSSR count). The molecule has 56 heavy (non-hydrogen) atoms. The van der Waals surface area contributed by atoms with E-state index in [0.717, 1.165) is 22.7 Å². The van der Waals surface area contributed by atoms with Crippen molar-refractivity contribution in [3.63, 3.8) is 0 Å². The van der Waals surface area contributed by atoms with E-state index in [-0.39, 0.29) is 0 Å². The van der Waals surface area contributed by atoms with Crippen LogP contribution in [0, 0.1) is 0 Å². The summed E-state index contributed by atoms with van der Waals surface area (Å²) < 4.78 is 2.40. The second-order valence-corrected chi connectivity index (χ2v) is 14.6. The van der Waals surface area contributed by atoms with Crippen LogP contribution in [0.2, 0.25) is 0 Å². The Labute approximate surface area is 325 Å². The van der Waals surface area contributed by atoms with E-state index in [9.17, 15) is 0 Å². The maximum absolute atomic E-state index is 2.40. The summed E-state index contributed by atoms with van der Waals surface area (Å²) in [5.41, 5.74) is 11.8. The summed E-state index contributed by atoms with van der Waals surface area (Å²) in [6, 6.07) is 79.4. The van der Waals surface area contributed by atoms with Crippen LogP contribution in [0.15, 0.2) is 218 Å². The smallest absolute Gasteiger partial charge is 0.0547 e. The first kappa shape index (κ1) is 32.0. The highest BCUT2D eigenvalue weighted by molar-refractivity contribution is 6.21. The van der Waals surface area contributed by atoms with E-state index in [1.54, 1.807) is 0 Å². The van der Waals surface area contributed by atoms with Gasteiger partial charge >= 0.3 is 0 Å². The van der Waals surface area contributed by atoms with Gasteiger partial charge in [0, 0.05) is 33.5 Å². The van der Waals surface area contributed by atoms with Gasteiger partial charge in [0.2, 0.25) is 0 Å². The zero-order valence-corrected chi connectivity index (χ0v) is 30.7. The van der Waals surface area contributed by atoms with Gasteiger partial charge in [0.15, 0.2) is 0 Å². The SMILES string of the molecule is c1ccc(N(c2ccc(-c3ccc4ccccc4c3)cc2)c2ccc3ccc(-c4ccc(-n5c6ccccc6c6c7ccccc7ccc65)cc4)cc3c2)cc1. The lowest BCUT2D eigenvalue weighted by Gasteiger charge is -2.26. The molecule has 0 fully saturated rings. The summed E-state index contributed by atoms with van der Waals surface area (Å²) in [6.45, 7) is 0. The molecule has 0 aliphatic heterocycles. The Bertz CT molecular complexity index is 3230. The summed E-state index contributed by atoms with van der Waals surface area (Å²) in [7, 11) is 0. The highest BCUT2D eigenvalue weighted by Crippen LogP contribution is 2.40. The number of nitrogens with zero attached hydrogens (tertiary/aromatic N) is 2. The number of fused-ring (bicyclic) bond motifs is 7. The number of para-hydroxylation sites is 2. The van der Waals surface area contributed by atoms with E-state index in [4.69, 9.17) is 0 Å². The Morgan fingerprint density at radius 2 is 0.804 bits per heavy atom. The first-order valence-corrected chi connectivity index (χ1v) is 19.3. The average molecular weight is 713 g/mol. The molecule has 0 radical (unpaired) electrons. The minimum Gasteiger partial charge on any atom is -0.310 e. The molecule has 11 aromatic rings. The fourth-order valence-electron chi connectivity index (χ4n) is 8.57. The fourth-order valence-corrected chi connectivity index (χ4v) is 8.57. The molecule has 10 aromatic carbocycles. The highest BCUT2D eigenvalue weighted by Gasteiger charge is 2.16. The van der Waals surface area contributed by atoms with Crippen molar-refractivity contribution < 1.29 is 0 Å². The van der Waals surface area contributed by atoms with E-state index in [1.165, 1.54) is 76.4 Å². The predicted molar refractivity (Wildman–Crippen MR) is 239 cm³/mol. The third-order valence-corrected chi connectivity index (χ3v) is 11.3. The van der Waals surface area contributed by atoms with E-state index in [2.05, 4.69) is 228 Å². The summed E-state index contributed by atoms with van der Waals surface area (Å²) in [4.78, 5) is 2.35. The second kappa shape index (κ2) is 13.2. The third kappa shape index (κ3) is 5.42. The van der Waals surface area contributed by atoms with E-state index in [0.29, 0.717) is 0 Å². The molecule has 0 spiro atoms. The zero-order chi connectivity index (χ0) is 37.0. The van der Waals surface area contributed by atoms with Crippen molar-refractivity contribution in [3.8, 4) is 27.9 Å².